The molecular weight excluding hydrogens is 222 g/mol. The monoisotopic (exact) mass is 237 g/mol. The Bertz CT molecular complexity index is 352. The van der Waals surface area contributed by atoms with Crippen molar-refractivity contribution in [3.63, 3.8) is 0 Å². The molecule has 0 saturated carbocycles. The molecule has 1 atom stereocenters. The van der Waals surface area contributed by atoms with Crippen LogP contribution in [-0.4, -0.2) is 29.3 Å². The van der Waals surface area contributed by atoms with Crippen molar-refractivity contribution in [1.29, 1.82) is 0 Å². The number of likely N-dealkylation sites (tertiary alicyclic amines) is 1. The molecule has 0 aliphatic carbocycles. The number of hydrogen-bond donors (Lipinski definition) is 0. The fourth-order valence-electron chi connectivity index (χ4n) is 2.34. The Morgan fingerprint density at radius 3 is 2.81 bits per heavy atom. The van der Waals surface area contributed by atoms with Crippen molar-refractivity contribution in [2.75, 3.05) is 12.4 Å². The first-order valence-electron chi connectivity index (χ1n) is 5.70. The zero-order valence-electron chi connectivity index (χ0n) is 9.23. The van der Waals surface area contributed by atoms with Gasteiger partial charge in [-0.2, -0.15) is 0 Å². The van der Waals surface area contributed by atoms with Crippen LogP contribution >= 0.6 is 11.6 Å². The molecule has 1 aromatic carbocycles. The highest BCUT2D eigenvalue weighted by molar-refractivity contribution is 6.27. The SMILES string of the molecule is O=C(CCl)N1CCC[C@@H]1Cc1ccccc1. The summed E-state index contributed by atoms with van der Waals surface area (Å²) in [5.41, 5.74) is 1.29. The average Bonchev–Trinajstić information content (AvgIpc) is 2.77. The maximum atomic E-state index is 11.6. The van der Waals surface area contributed by atoms with Gasteiger partial charge in [0.05, 0.1) is 0 Å². The van der Waals surface area contributed by atoms with E-state index in [9.17, 15) is 4.79 Å². The fourth-order valence-corrected chi connectivity index (χ4v) is 2.49. The van der Waals surface area contributed by atoms with Crippen molar-refractivity contribution in [2.24, 2.45) is 0 Å². The molecule has 0 spiro atoms. The summed E-state index contributed by atoms with van der Waals surface area (Å²) in [5, 5.41) is 0. The van der Waals surface area contributed by atoms with Gasteiger partial charge in [0.2, 0.25) is 5.91 Å². The van der Waals surface area contributed by atoms with Gasteiger partial charge < -0.3 is 4.90 Å². The summed E-state index contributed by atoms with van der Waals surface area (Å²) in [6, 6.07) is 10.7. The molecule has 1 aliphatic rings. The molecule has 86 valence electrons. The average molecular weight is 238 g/mol. The van der Waals surface area contributed by atoms with E-state index in [1.807, 2.05) is 23.1 Å². The summed E-state index contributed by atoms with van der Waals surface area (Å²) in [7, 11) is 0. The van der Waals surface area contributed by atoms with Crippen LogP contribution in [0.2, 0.25) is 0 Å². The number of carbonyl (C=O) groups is 1. The number of benzene rings is 1. The van der Waals surface area contributed by atoms with Gasteiger partial charge in [-0.3, -0.25) is 4.79 Å². The zero-order chi connectivity index (χ0) is 11.4. The second kappa shape index (κ2) is 5.35. The van der Waals surface area contributed by atoms with Gasteiger partial charge in [-0.05, 0) is 24.8 Å². The van der Waals surface area contributed by atoms with E-state index in [-0.39, 0.29) is 11.8 Å². The first-order valence-corrected chi connectivity index (χ1v) is 6.24. The molecule has 1 saturated heterocycles. The number of hydrogen-bond acceptors (Lipinski definition) is 1. The van der Waals surface area contributed by atoms with Gasteiger partial charge in [-0.1, -0.05) is 30.3 Å². The van der Waals surface area contributed by atoms with Gasteiger partial charge in [0, 0.05) is 12.6 Å². The van der Waals surface area contributed by atoms with E-state index in [0.717, 1.165) is 25.8 Å². The van der Waals surface area contributed by atoms with Gasteiger partial charge in [-0.25, -0.2) is 0 Å². The van der Waals surface area contributed by atoms with Crippen LogP contribution in [0.1, 0.15) is 18.4 Å². The number of amides is 1. The highest BCUT2D eigenvalue weighted by Gasteiger charge is 2.27. The lowest BCUT2D eigenvalue weighted by Gasteiger charge is -2.24. The number of carbonyl (C=O) groups excluding carboxylic acids is 1. The van der Waals surface area contributed by atoms with Crippen molar-refractivity contribution in [2.45, 2.75) is 25.3 Å². The van der Waals surface area contributed by atoms with E-state index in [4.69, 9.17) is 11.6 Å². The van der Waals surface area contributed by atoms with Crippen LogP contribution in [0.4, 0.5) is 0 Å². The summed E-state index contributed by atoms with van der Waals surface area (Å²) in [5.74, 6) is 0.172. The van der Waals surface area contributed by atoms with Gasteiger partial charge in [0.25, 0.3) is 0 Å². The van der Waals surface area contributed by atoms with Crippen LogP contribution < -0.4 is 0 Å². The first kappa shape index (κ1) is 11.5. The zero-order valence-corrected chi connectivity index (χ0v) is 9.99. The molecule has 0 bridgehead atoms. The molecule has 1 aliphatic heterocycles. The van der Waals surface area contributed by atoms with E-state index in [2.05, 4.69) is 12.1 Å². The van der Waals surface area contributed by atoms with Crippen LogP contribution in [0.15, 0.2) is 30.3 Å². The molecule has 2 nitrogen and oxygen atoms in total. The molecule has 1 amide bonds. The van der Waals surface area contributed by atoms with Crippen LogP contribution in [0.25, 0.3) is 0 Å². The van der Waals surface area contributed by atoms with Gasteiger partial charge >= 0.3 is 0 Å². The quantitative estimate of drug-likeness (QED) is 0.740. The van der Waals surface area contributed by atoms with Crippen molar-refractivity contribution in [1.82, 2.24) is 4.90 Å². The van der Waals surface area contributed by atoms with Crippen molar-refractivity contribution < 1.29 is 4.79 Å². The molecule has 2 rings (SSSR count). The topological polar surface area (TPSA) is 20.3 Å². The lowest BCUT2D eigenvalue weighted by Crippen LogP contribution is -2.37. The Balaban J connectivity index is 2.01. The molecule has 1 aromatic rings. The molecule has 0 radical (unpaired) electrons. The highest BCUT2D eigenvalue weighted by Crippen LogP contribution is 2.21. The highest BCUT2D eigenvalue weighted by atomic mass is 35.5. The lowest BCUT2D eigenvalue weighted by molar-refractivity contribution is -0.129. The van der Waals surface area contributed by atoms with E-state index in [0.29, 0.717) is 6.04 Å². The van der Waals surface area contributed by atoms with E-state index >= 15 is 0 Å². The second-order valence-electron chi connectivity index (χ2n) is 4.21. The molecular formula is C13H16ClNO. The third-order valence-corrected chi connectivity index (χ3v) is 3.35. The maximum absolute atomic E-state index is 11.6. The molecule has 1 heterocycles. The predicted molar refractivity (Wildman–Crippen MR) is 65.6 cm³/mol. The Morgan fingerprint density at radius 1 is 1.38 bits per heavy atom. The van der Waals surface area contributed by atoms with E-state index in [1.165, 1.54) is 5.56 Å². The Labute approximate surface area is 101 Å². The smallest absolute Gasteiger partial charge is 0.237 e. The summed E-state index contributed by atoms with van der Waals surface area (Å²) in [4.78, 5) is 13.5. The van der Waals surface area contributed by atoms with Crippen molar-refractivity contribution in [3.05, 3.63) is 35.9 Å². The number of halogens is 1. The normalized spacial score (nSPS) is 20.1. The summed E-state index contributed by atoms with van der Waals surface area (Å²) >= 11 is 5.61. The van der Waals surface area contributed by atoms with E-state index in [1.54, 1.807) is 0 Å². The summed E-state index contributed by atoms with van der Waals surface area (Å²) in [6.45, 7) is 0.864. The van der Waals surface area contributed by atoms with Gasteiger partial charge in [-0.15, -0.1) is 11.6 Å². The molecule has 0 aromatic heterocycles. The standard InChI is InChI=1S/C13H16ClNO/c14-10-13(16)15-8-4-7-12(15)9-11-5-2-1-3-6-11/h1-3,5-6,12H,4,7-10H2/t12-/m1/s1. The Morgan fingerprint density at radius 2 is 2.12 bits per heavy atom. The third kappa shape index (κ3) is 2.56. The van der Waals surface area contributed by atoms with Crippen LogP contribution in [0.5, 0.6) is 0 Å². The Hall–Kier alpha value is -1.02. The maximum Gasteiger partial charge on any atom is 0.237 e. The largest absolute Gasteiger partial charge is 0.338 e. The molecule has 0 N–H and O–H groups in total. The predicted octanol–water partition coefficient (Wildman–Crippen LogP) is 2.46. The van der Waals surface area contributed by atoms with Gasteiger partial charge in [0.15, 0.2) is 0 Å². The number of alkyl halides is 1. The first-order chi connectivity index (χ1) is 7.81. The van der Waals surface area contributed by atoms with Crippen LogP contribution in [-0.2, 0) is 11.2 Å². The summed E-state index contributed by atoms with van der Waals surface area (Å²) < 4.78 is 0. The molecule has 0 unspecified atom stereocenters. The van der Waals surface area contributed by atoms with Crippen molar-refractivity contribution in [3.8, 4) is 0 Å². The molecule has 1 fully saturated rings. The third-order valence-electron chi connectivity index (χ3n) is 3.13. The molecule has 16 heavy (non-hydrogen) atoms. The van der Waals surface area contributed by atoms with Crippen LogP contribution in [0, 0.1) is 0 Å². The summed E-state index contributed by atoms with van der Waals surface area (Å²) in [6.07, 6.45) is 3.14. The minimum atomic E-state index is 0.0695. The fraction of sp³-hybridized carbons (Fsp3) is 0.462. The van der Waals surface area contributed by atoms with Gasteiger partial charge in [0.1, 0.15) is 5.88 Å². The minimum absolute atomic E-state index is 0.0695. The minimum Gasteiger partial charge on any atom is -0.338 e. The lowest BCUT2D eigenvalue weighted by atomic mass is 10.0. The number of nitrogens with zero attached hydrogens (tertiary/aromatic N) is 1. The van der Waals surface area contributed by atoms with Crippen LogP contribution in [0.3, 0.4) is 0 Å². The Kier molecular flexibility index (Phi) is 3.83. The second-order valence-corrected chi connectivity index (χ2v) is 4.47. The molecule has 3 heteroatoms. The van der Waals surface area contributed by atoms with E-state index < -0.39 is 0 Å². The number of rotatable bonds is 3. The van der Waals surface area contributed by atoms with Crippen molar-refractivity contribution >= 4 is 17.5 Å².